The van der Waals surface area contributed by atoms with Crippen molar-refractivity contribution in [1.29, 1.82) is 0 Å². The molecule has 6 nitrogen and oxygen atoms in total. The summed E-state index contributed by atoms with van der Waals surface area (Å²) in [6.45, 7) is 1.87. The Hall–Kier alpha value is -2.06. The van der Waals surface area contributed by atoms with E-state index in [0.29, 0.717) is 15.6 Å². The van der Waals surface area contributed by atoms with Gasteiger partial charge in [-0.25, -0.2) is 4.98 Å². The Bertz CT molecular complexity index is 814. The first-order valence-corrected chi connectivity index (χ1v) is 8.01. The van der Waals surface area contributed by atoms with Gasteiger partial charge in [-0.15, -0.1) is 0 Å². The first-order valence-electron chi connectivity index (χ1n) is 6.45. The van der Waals surface area contributed by atoms with Crippen LogP contribution < -0.4 is 4.90 Å². The molecule has 22 heavy (non-hydrogen) atoms. The van der Waals surface area contributed by atoms with Crippen LogP contribution in [-0.2, 0) is 0 Å². The minimum absolute atomic E-state index is 0.187. The summed E-state index contributed by atoms with van der Waals surface area (Å²) in [7, 11) is 1.67. The standard InChI is InChI=1S/C14H12BrN5OS/c1-9-16-8-11(20(9)10-6-4-3-5-7-10)12(21)19(2)14-17-13(15)18-22-14/h3-8H,1-2H3. The Labute approximate surface area is 139 Å². The van der Waals surface area contributed by atoms with E-state index in [1.165, 1.54) is 4.90 Å². The maximum atomic E-state index is 12.8. The molecule has 0 aliphatic rings. The van der Waals surface area contributed by atoms with E-state index in [4.69, 9.17) is 0 Å². The predicted octanol–water partition coefficient (Wildman–Crippen LogP) is 3.07. The van der Waals surface area contributed by atoms with Gasteiger partial charge in [-0.1, -0.05) is 18.2 Å². The summed E-state index contributed by atoms with van der Waals surface area (Å²) in [5.41, 5.74) is 1.38. The van der Waals surface area contributed by atoms with Crippen LogP contribution in [0.1, 0.15) is 16.3 Å². The highest BCUT2D eigenvalue weighted by Gasteiger charge is 2.22. The number of nitrogens with zero attached hydrogens (tertiary/aromatic N) is 5. The lowest BCUT2D eigenvalue weighted by Crippen LogP contribution is -2.28. The zero-order valence-corrected chi connectivity index (χ0v) is 14.3. The first kappa shape index (κ1) is 14.9. The predicted molar refractivity (Wildman–Crippen MR) is 88.6 cm³/mol. The third-order valence-corrected chi connectivity index (χ3v) is 4.54. The number of aromatic nitrogens is 4. The molecule has 3 rings (SSSR count). The molecule has 112 valence electrons. The average molecular weight is 378 g/mol. The van der Waals surface area contributed by atoms with Crippen molar-refractivity contribution in [3.8, 4) is 5.69 Å². The molecule has 8 heteroatoms. The van der Waals surface area contributed by atoms with Gasteiger partial charge in [0.15, 0.2) is 0 Å². The Balaban J connectivity index is 2.01. The number of carbonyl (C=O) groups is 1. The second-order valence-electron chi connectivity index (χ2n) is 4.57. The van der Waals surface area contributed by atoms with Gasteiger partial charge in [0.1, 0.15) is 11.5 Å². The summed E-state index contributed by atoms with van der Waals surface area (Å²) >= 11 is 4.35. The minimum Gasteiger partial charge on any atom is -0.292 e. The van der Waals surface area contributed by atoms with Gasteiger partial charge in [0.05, 0.1) is 6.20 Å². The summed E-state index contributed by atoms with van der Waals surface area (Å²) in [5.74, 6) is 0.564. The van der Waals surface area contributed by atoms with Crippen LogP contribution in [0.4, 0.5) is 5.13 Å². The quantitative estimate of drug-likeness (QED) is 0.703. The number of amides is 1. The van der Waals surface area contributed by atoms with Crippen LogP contribution >= 0.6 is 27.5 Å². The van der Waals surface area contributed by atoms with E-state index in [1.54, 1.807) is 13.2 Å². The molecule has 0 aliphatic carbocycles. The van der Waals surface area contributed by atoms with E-state index >= 15 is 0 Å². The molecule has 0 bridgehead atoms. The molecule has 0 fully saturated rings. The van der Waals surface area contributed by atoms with Crippen LogP contribution in [0.3, 0.4) is 0 Å². The maximum Gasteiger partial charge on any atom is 0.278 e. The molecule has 0 aliphatic heterocycles. The summed E-state index contributed by atoms with van der Waals surface area (Å²) in [4.78, 5) is 22.7. The largest absolute Gasteiger partial charge is 0.292 e. The lowest BCUT2D eigenvalue weighted by atomic mass is 10.3. The molecule has 2 aromatic heterocycles. The highest BCUT2D eigenvalue weighted by molar-refractivity contribution is 9.10. The average Bonchev–Trinajstić information content (AvgIpc) is 3.13. The van der Waals surface area contributed by atoms with Crippen molar-refractivity contribution in [2.45, 2.75) is 6.92 Å². The minimum atomic E-state index is -0.187. The Morgan fingerprint density at radius 2 is 2.05 bits per heavy atom. The SMILES string of the molecule is Cc1ncc(C(=O)N(C)c2nc(Br)ns2)n1-c1ccccc1. The summed E-state index contributed by atoms with van der Waals surface area (Å²) < 4.78 is 6.33. The van der Waals surface area contributed by atoms with Crippen LogP contribution in [0, 0.1) is 6.92 Å². The zero-order valence-electron chi connectivity index (χ0n) is 11.9. The smallest absolute Gasteiger partial charge is 0.278 e. The van der Waals surface area contributed by atoms with E-state index in [1.807, 2.05) is 41.8 Å². The first-order chi connectivity index (χ1) is 10.6. The third kappa shape index (κ3) is 2.67. The van der Waals surface area contributed by atoms with Crippen molar-refractivity contribution in [2.24, 2.45) is 0 Å². The van der Waals surface area contributed by atoms with Gasteiger partial charge in [-0.2, -0.15) is 9.36 Å². The van der Waals surface area contributed by atoms with E-state index in [0.717, 1.165) is 23.0 Å². The summed E-state index contributed by atoms with van der Waals surface area (Å²) in [5, 5.41) is 0.523. The molecular formula is C14H12BrN5OS. The highest BCUT2D eigenvalue weighted by Crippen LogP contribution is 2.22. The van der Waals surface area contributed by atoms with Crippen molar-refractivity contribution < 1.29 is 4.79 Å². The van der Waals surface area contributed by atoms with Crippen LogP contribution in [-0.4, -0.2) is 31.9 Å². The number of aryl methyl sites for hydroxylation is 1. The summed E-state index contributed by atoms with van der Waals surface area (Å²) in [6.07, 6.45) is 1.58. The van der Waals surface area contributed by atoms with Gasteiger partial charge in [-0.3, -0.25) is 14.3 Å². The van der Waals surface area contributed by atoms with Crippen molar-refractivity contribution in [1.82, 2.24) is 18.9 Å². The molecular weight excluding hydrogens is 366 g/mol. The van der Waals surface area contributed by atoms with Gasteiger partial charge in [0.2, 0.25) is 9.87 Å². The van der Waals surface area contributed by atoms with Gasteiger partial charge in [-0.05, 0) is 35.0 Å². The fraction of sp³-hybridized carbons (Fsp3) is 0.143. The fourth-order valence-electron chi connectivity index (χ4n) is 2.09. The number of hydrogen-bond acceptors (Lipinski definition) is 5. The van der Waals surface area contributed by atoms with Gasteiger partial charge in [0, 0.05) is 24.3 Å². The zero-order chi connectivity index (χ0) is 15.7. The van der Waals surface area contributed by atoms with Crippen LogP contribution in [0.2, 0.25) is 0 Å². The Morgan fingerprint density at radius 3 is 2.68 bits per heavy atom. The lowest BCUT2D eigenvalue weighted by Gasteiger charge is -2.15. The number of hydrogen-bond donors (Lipinski definition) is 0. The molecule has 0 atom stereocenters. The third-order valence-electron chi connectivity index (χ3n) is 3.15. The molecule has 0 N–H and O–H groups in total. The van der Waals surface area contributed by atoms with Crippen LogP contribution in [0.25, 0.3) is 5.69 Å². The fourth-order valence-corrected chi connectivity index (χ4v) is 3.12. The number of benzene rings is 1. The molecule has 0 unspecified atom stereocenters. The van der Waals surface area contributed by atoms with E-state index in [9.17, 15) is 4.79 Å². The van der Waals surface area contributed by atoms with Gasteiger partial charge >= 0.3 is 0 Å². The second kappa shape index (κ2) is 5.98. The Morgan fingerprint density at radius 1 is 1.32 bits per heavy atom. The van der Waals surface area contributed by atoms with Crippen LogP contribution in [0.15, 0.2) is 41.3 Å². The molecule has 0 spiro atoms. The normalized spacial score (nSPS) is 10.7. The second-order valence-corrected chi connectivity index (χ2v) is 6.01. The molecule has 3 aromatic rings. The van der Waals surface area contributed by atoms with Crippen LogP contribution in [0.5, 0.6) is 0 Å². The van der Waals surface area contributed by atoms with E-state index < -0.39 is 0 Å². The van der Waals surface area contributed by atoms with Crippen molar-refractivity contribution in [3.63, 3.8) is 0 Å². The maximum absolute atomic E-state index is 12.8. The molecule has 1 aromatic carbocycles. The van der Waals surface area contributed by atoms with E-state index in [2.05, 4.69) is 30.3 Å². The van der Waals surface area contributed by atoms with Gasteiger partial charge < -0.3 is 0 Å². The Kier molecular flexibility index (Phi) is 4.04. The number of rotatable bonds is 3. The van der Waals surface area contributed by atoms with Crippen molar-refractivity contribution >= 4 is 38.5 Å². The topological polar surface area (TPSA) is 63.9 Å². The number of imidazole rings is 1. The molecule has 0 radical (unpaired) electrons. The lowest BCUT2D eigenvalue weighted by molar-refractivity contribution is 0.0986. The molecule has 0 saturated heterocycles. The molecule has 0 saturated carbocycles. The van der Waals surface area contributed by atoms with E-state index in [-0.39, 0.29) is 5.91 Å². The summed E-state index contributed by atoms with van der Waals surface area (Å²) in [6, 6.07) is 9.66. The van der Waals surface area contributed by atoms with Gasteiger partial charge in [0.25, 0.3) is 5.91 Å². The highest BCUT2D eigenvalue weighted by atomic mass is 79.9. The number of halogens is 1. The monoisotopic (exact) mass is 377 g/mol. The molecule has 1 amide bonds. The molecule has 2 heterocycles. The number of carbonyl (C=O) groups excluding carboxylic acids is 1. The number of para-hydroxylation sites is 1. The van der Waals surface area contributed by atoms with Crippen molar-refractivity contribution in [2.75, 3.05) is 11.9 Å². The van der Waals surface area contributed by atoms with Crippen molar-refractivity contribution in [3.05, 3.63) is 52.8 Å². The number of anilines is 1.